The van der Waals surface area contributed by atoms with Crippen molar-refractivity contribution in [2.45, 2.75) is 39.3 Å². The second-order valence-electron chi connectivity index (χ2n) is 5.03. The predicted molar refractivity (Wildman–Crippen MR) is 82.5 cm³/mol. The molecule has 5 nitrogen and oxygen atoms in total. The average Bonchev–Trinajstić information content (AvgIpc) is 2.42. The van der Waals surface area contributed by atoms with Gasteiger partial charge >= 0.3 is 12.0 Å². The van der Waals surface area contributed by atoms with Crippen molar-refractivity contribution >= 4 is 23.6 Å². The molecule has 1 atom stereocenters. The largest absolute Gasteiger partial charge is 0.479 e. The van der Waals surface area contributed by atoms with Crippen LogP contribution in [-0.2, 0) is 4.79 Å². The summed E-state index contributed by atoms with van der Waals surface area (Å²) < 4.78 is 0. The minimum atomic E-state index is -1.16. The lowest BCUT2D eigenvalue weighted by molar-refractivity contribution is -0.139. The molecule has 0 aliphatic heterocycles. The van der Waals surface area contributed by atoms with Gasteiger partial charge in [-0.05, 0) is 26.3 Å². The number of carboxylic acid groups (broad SMARTS) is 1. The van der Waals surface area contributed by atoms with E-state index in [1.165, 1.54) is 0 Å². The maximum atomic E-state index is 12.3. The van der Waals surface area contributed by atoms with E-state index < -0.39 is 18.0 Å². The molecule has 0 aliphatic carbocycles. The monoisotopic (exact) mass is 312 g/mol. The fourth-order valence-electron chi connectivity index (χ4n) is 2.02. The molecule has 0 aliphatic rings. The molecule has 0 unspecified atom stereocenters. The SMILES string of the molecule is CCCN(C(=O)N[C@@H](C(=O)O)c1ccccc1Cl)C(C)C. The van der Waals surface area contributed by atoms with Crippen LogP contribution in [0.4, 0.5) is 4.79 Å². The highest BCUT2D eigenvalue weighted by Crippen LogP contribution is 2.23. The van der Waals surface area contributed by atoms with Gasteiger partial charge in [0.2, 0.25) is 0 Å². The highest BCUT2D eigenvalue weighted by atomic mass is 35.5. The summed E-state index contributed by atoms with van der Waals surface area (Å²) in [4.78, 5) is 25.3. The van der Waals surface area contributed by atoms with E-state index in [1.54, 1.807) is 29.2 Å². The van der Waals surface area contributed by atoms with Crippen molar-refractivity contribution < 1.29 is 14.7 Å². The van der Waals surface area contributed by atoms with Gasteiger partial charge < -0.3 is 15.3 Å². The quantitative estimate of drug-likeness (QED) is 0.846. The van der Waals surface area contributed by atoms with Crippen molar-refractivity contribution in [2.75, 3.05) is 6.54 Å². The normalized spacial score (nSPS) is 12.0. The highest BCUT2D eigenvalue weighted by Gasteiger charge is 2.27. The Bertz CT molecular complexity index is 505. The lowest BCUT2D eigenvalue weighted by Gasteiger charge is -2.28. The minimum absolute atomic E-state index is 0.00867. The van der Waals surface area contributed by atoms with E-state index in [0.29, 0.717) is 17.1 Å². The Balaban J connectivity index is 2.96. The number of hydrogen-bond acceptors (Lipinski definition) is 2. The second kappa shape index (κ2) is 7.88. The summed E-state index contributed by atoms with van der Waals surface area (Å²) in [5.74, 6) is -1.14. The van der Waals surface area contributed by atoms with Gasteiger partial charge in [0, 0.05) is 23.2 Å². The molecule has 21 heavy (non-hydrogen) atoms. The Hall–Kier alpha value is -1.75. The molecular formula is C15H21ClN2O3. The molecule has 116 valence electrons. The third kappa shape index (κ3) is 4.63. The van der Waals surface area contributed by atoms with E-state index in [-0.39, 0.29) is 6.04 Å². The van der Waals surface area contributed by atoms with Crippen LogP contribution < -0.4 is 5.32 Å². The van der Waals surface area contributed by atoms with Crippen LogP contribution in [0.15, 0.2) is 24.3 Å². The molecule has 2 N–H and O–H groups in total. The number of nitrogens with one attached hydrogen (secondary N) is 1. The summed E-state index contributed by atoms with van der Waals surface area (Å²) in [5, 5.41) is 12.2. The molecule has 0 spiro atoms. The number of benzene rings is 1. The van der Waals surface area contributed by atoms with Crippen LogP contribution in [-0.4, -0.2) is 34.6 Å². The van der Waals surface area contributed by atoms with Gasteiger partial charge in [-0.1, -0.05) is 36.7 Å². The van der Waals surface area contributed by atoms with Gasteiger partial charge in [0.15, 0.2) is 6.04 Å². The van der Waals surface area contributed by atoms with Crippen LogP contribution in [0.5, 0.6) is 0 Å². The summed E-state index contributed by atoms with van der Waals surface area (Å²) in [6, 6.07) is 5.03. The fourth-order valence-corrected chi connectivity index (χ4v) is 2.27. The number of rotatable bonds is 6. The van der Waals surface area contributed by atoms with Crippen molar-refractivity contribution in [2.24, 2.45) is 0 Å². The van der Waals surface area contributed by atoms with E-state index in [2.05, 4.69) is 5.32 Å². The van der Waals surface area contributed by atoms with Crippen LogP contribution in [0.2, 0.25) is 5.02 Å². The Morgan fingerprint density at radius 3 is 2.43 bits per heavy atom. The predicted octanol–water partition coefficient (Wildman–Crippen LogP) is 3.30. The van der Waals surface area contributed by atoms with E-state index in [0.717, 1.165) is 6.42 Å². The molecule has 0 saturated carbocycles. The number of urea groups is 1. The van der Waals surface area contributed by atoms with Gasteiger partial charge in [0.25, 0.3) is 0 Å². The average molecular weight is 313 g/mol. The van der Waals surface area contributed by atoms with E-state index in [1.807, 2.05) is 20.8 Å². The molecule has 0 radical (unpaired) electrons. The highest BCUT2D eigenvalue weighted by molar-refractivity contribution is 6.31. The van der Waals surface area contributed by atoms with Crippen LogP contribution in [0, 0.1) is 0 Å². The topological polar surface area (TPSA) is 69.6 Å². The van der Waals surface area contributed by atoms with Crippen molar-refractivity contribution in [3.63, 3.8) is 0 Å². The zero-order valence-corrected chi connectivity index (χ0v) is 13.2. The second-order valence-corrected chi connectivity index (χ2v) is 5.44. The molecule has 0 heterocycles. The first kappa shape index (κ1) is 17.3. The standard InChI is InChI=1S/C15H21ClN2O3/c1-4-9-18(10(2)3)15(21)17-13(14(19)20)11-7-5-6-8-12(11)16/h5-8,10,13H,4,9H2,1-3H3,(H,17,21)(H,19,20)/t13-/m1/s1. The summed E-state index contributed by atoms with van der Waals surface area (Å²) in [6.07, 6.45) is 0.801. The zero-order valence-electron chi connectivity index (χ0n) is 12.5. The summed E-state index contributed by atoms with van der Waals surface area (Å²) >= 11 is 6.02. The van der Waals surface area contributed by atoms with Gasteiger partial charge in [-0.2, -0.15) is 0 Å². The van der Waals surface area contributed by atoms with E-state index in [4.69, 9.17) is 11.6 Å². The maximum Gasteiger partial charge on any atom is 0.331 e. The first-order valence-corrected chi connectivity index (χ1v) is 7.30. The molecule has 0 saturated heterocycles. The van der Waals surface area contributed by atoms with Gasteiger partial charge in [-0.15, -0.1) is 0 Å². The first-order valence-electron chi connectivity index (χ1n) is 6.92. The van der Waals surface area contributed by atoms with Crippen molar-refractivity contribution in [1.82, 2.24) is 10.2 Å². The Kier molecular flexibility index (Phi) is 6.49. The van der Waals surface area contributed by atoms with Crippen molar-refractivity contribution in [1.29, 1.82) is 0 Å². The molecule has 0 aromatic heterocycles. The van der Waals surface area contributed by atoms with Gasteiger partial charge in [0.05, 0.1) is 0 Å². The Morgan fingerprint density at radius 2 is 1.95 bits per heavy atom. The molecule has 0 fully saturated rings. The fraction of sp³-hybridized carbons (Fsp3) is 0.467. The zero-order chi connectivity index (χ0) is 16.0. The molecule has 0 bridgehead atoms. The lowest BCUT2D eigenvalue weighted by atomic mass is 10.1. The maximum absolute atomic E-state index is 12.3. The summed E-state index contributed by atoms with van der Waals surface area (Å²) in [6.45, 7) is 6.31. The van der Waals surface area contributed by atoms with Crippen LogP contribution in [0.1, 0.15) is 38.8 Å². The summed E-state index contributed by atoms with van der Waals surface area (Å²) in [5.41, 5.74) is 0.375. The third-order valence-electron chi connectivity index (χ3n) is 3.08. The van der Waals surface area contributed by atoms with Crippen LogP contribution >= 0.6 is 11.6 Å². The minimum Gasteiger partial charge on any atom is -0.479 e. The van der Waals surface area contributed by atoms with Gasteiger partial charge in [0.1, 0.15) is 0 Å². The number of carbonyl (C=O) groups is 2. The Labute approximate surface area is 129 Å². The van der Waals surface area contributed by atoms with E-state index >= 15 is 0 Å². The number of carbonyl (C=O) groups excluding carboxylic acids is 1. The van der Waals surface area contributed by atoms with Crippen LogP contribution in [0.25, 0.3) is 0 Å². The number of carboxylic acids is 1. The van der Waals surface area contributed by atoms with E-state index in [9.17, 15) is 14.7 Å². The molecular weight excluding hydrogens is 292 g/mol. The molecule has 2 amide bonds. The summed E-state index contributed by atoms with van der Waals surface area (Å²) in [7, 11) is 0. The van der Waals surface area contributed by atoms with Gasteiger partial charge in [-0.25, -0.2) is 9.59 Å². The van der Waals surface area contributed by atoms with Crippen molar-refractivity contribution in [3.8, 4) is 0 Å². The number of aliphatic carboxylic acids is 1. The number of amides is 2. The molecule has 1 rings (SSSR count). The Morgan fingerprint density at radius 1 is 1.33 bits per heavy atom. The number of nitrogens with zero attached hydrogens (tertiary/aromatic N) is 1. The third-order valence-corrected chi connectivity index (χ3v) is 3.42. The molecule has 1 aromatic rings. The number of halogens is 1. The van der Waals surface area contributed by atoms with Gasteiger partial charge in [-0.3, -0.25) is 0 Å². The molecule has 6 heteroatoms. The lowest BCUT2D eigenvalue weighted by Crippen LogP contribution is -2.47. The first-order chi connectivity index (χ1) is 9.88. The smallest absolute Gasteiger partial charge is 0.331 e. The van der Waals surface area contributed by atoms with Crippen molar-refractivity contribution in [3.05, 3.63) is 34.9 Å². The van der Waals surface area contributed by atoms with Crippen LogP contribution in [0.3, 0.4) is 0 Å². The molecule has 1 aromatic carbocycles. The number of hydrogen-bond donors (Lipinski definition) is 2.